The highest BCUT2D eigenvalue weighted by molar-refractivity contribution is 7.80. The number of anilines is 3. The van der Waals surface area contributed by atoms with E-state index in [1.807, 2.05) is 0 Å². The van der Waals surface area contributed by atoms with Gasteiger partial charge in [0.25, 0.3) is 0 Å². The van der Waals surface area contributed by atoms with Gasteiger partial charge in [-0.05, 0) is 96.9 Å². The molecule has 3 amide bonds. The zero-order valence-electron chi connectivity index (χ0n) is 36.5. The zero-order valence-corrected chi connectivity index (χ0v) is 37.3. The number of carboxylic acids is 1. The zero-order chi connectivity index (χ0) is 48.0. The van der Waals surface area contributed by atoms with Crippen molar-refractivity contribution in [1.29, 1.82) is 0 Å². The molecule has 5 heterocycles. The molecule has 7 N–H and O–H groups in total. The van der Waals surface area contributed by atoms with Crippen LogP contribution < -0.4 is 32.0 Å². The van der Waals surface area contributed by atoms with E-state index in [0.29, 0.717) is 92.8 Å². The third-order valence-corrected chi connectivity index (χ3v) is 10.8. The first-order valence-corrected chi connectivity index (χ1v) is 21.8. The summed E-state index contributed by atoms with van der Waals surface area (Å²) in [6, 6.07) is 23.4. The van der Waals surface area contributed by atoms with Gasteiger partial charge in [-0.1, -0.05) is 18.2 Å². The van der Waals surface area contributed by atoms with Gasteiger partial charge in [0.1, 0.15) is 17.1 Å². The number of hydrogen-bond donors (Lipinski definition) is 7. The number of hydrogen-bond acceptors (Lipinski definition) is 14. The Hall–Kier alpha value is -8.73. The Kier molecular flexibility index (Phi) is 13.2. The molecule has 69 heavy (non-hydrogen) atoms. The number of fused-ring (bicyclic) bond motifs is 5. The summed E-state index contributed by atoms with van der Waals surface area (Å²) >= 11 is 5.45. The average Bonchev–Trinajstić information content (AvgIpc) is 4.10. The lowest BCUT2D eigenvalue weighted by Crippen LogP contribution is -2.29. The number of carbonyl (C=O) groups is 3. The fraction of sp³-hybridized carbons (Fsp3) is 0.170. The standard InChI is InChI=1S/C47H41N11O10S/c1-57-25-35-41(55-57)53-45(58-43(35)52-42(56-58)36-5-4-18-65-36)54-46(64)50-27-8-6-26(7-9-27)21-39(61)48-17-20-67-66-19-3-2-16-49-47(69)51-28-10-13-31(34(22-28)44(62)63)40-32-14-11-29(59)23-37(32)68-38-24-30(60)12-15-33(38)40/h4-15,18,22-25,59H,2-3,16-17,19-21H2,1H3,(H,48,61)(H,62,63)(H2,49,51,69)(H2,50,53,54,55,64). The molecule has 1 aliphatic heterocycles. The van der Waals surface area contributed by atoms with Crippen molar-refractivity contribution >= 4 is 80.2 Å². The quantitative estimate of drug-likeness (QED) is 0.0167. The number of furan rings is 1. The number of phenolic OH excluding ortho intramolecular Hbond substituents is 1. The van der Waals surface area contributed by atoms with E-state index < -0.39 is 12.0 Å². The van der Waals surface area contributed by atoms with Gasteiger partial charge in [-0.3, -0.25) is 19.6 Å². The molecule has 4 aromatic heterocycles. The molecular weight excluding hydrogens is 911 g/mol. The number of aryl methyl sites for hydroxylation is 1. The van der Waals surface area contributed by atoms with Crippen molar-refractivity contribution in [3.63, 3.8) is 0 Å². The predicted octanol–water partition coefficient (Wildman–Crippen LogP) is 6.57. The van der Waals surface area contributed by atoms with Crippen molar-refractivity contribution in [1.82, 2.24) is 40.0 Å². The Morgan fingerprint density at radius 2 is 1.61 bits per heavy atom. The van der Waals surface area contributed by atoms with Crippen LogP contribution in [0.5, 0.6) is 5.75 Å². The number of unbranched alkanes of at least 4 members (excludes halogenated alkanes) is 1. The number of nitrogens with one attached hydrogen (secondary N) is 5. The van der Waals surface area contributed by atoms with Crippen LogP contribution in [0.2, 0.25) is 0 Å². The molecule has 0 saturated carbocycles. The lowest BCUT2D eigenvalue weighted by Gasteiger charge is -2.18. The van der Waals surface area contributed by atoms with Crippen LogP contribution in [0.25, 0.3) is 61.7 Å². The summed E-state index contributed by atoms with van der Waals surface area (Å²) in [5.74, 6) is -0.309. The summed E-state index contributed by atoms with van der Waals surface area (Å²) < 4.78 is 14.4. The number of phenols is 1. The molecule has 0 unspecified atom stereocenters. The topological polar surface area (TPSA) is 275 Å². The number of amides is 3. The van der Waals surface area contributed by atoms with Crippen LogP contribution in [-0.2, 0) is 28.0 Å². The van der Waals surface area contributed by atoms with Crippen LogP contribution >= 0.6 is 12.2 Å². The van der Waals surface area contributed by atoms with E-state index in [9.17, 15) is 29.4 Å². The maximum atomic E-state index is 13.0. The molecule has 1 aliphatic carbocycles. The number of aromatic hydroxyl groups is 1. The lowest BCUT2D eigenvalue weighted by molar-refractivity contribution is -0.293. The van der Waals surface area contributed by atoms with E-state index in [1.165, 1.54) is 41.1 Å². The molecular formula is C47H41N11O10S. The highest BCUT2D eigenvalue weighted by atomic mass is 32.1. The largest absolute Gasteiger partial charge is 0.508 e. The van der Waals surface area contributed by atoms with E-state index in [4.69, 9.17) is 30.8 Å². The third-order valence-electron chi connectivity index (χ3n) is 10.6. The van der Waals surface area contributed by atoms with E-state index in [-0.39, 0.29) is 59.5 Å². The molecule has 0 atom stereocenters. The number of thiocarbonyl (C=S) groups is 1. The van der Waals surface area contributed by atoms with Crippen molar-refractivity contribution in [2.45, 2.75) is 19.3 Å². The van der Waals surface area contributed by atoms with E-state index in [0.717, 1.165) is 5.56 Å². The first-order chi connectivity index (χ1) is 33.4. The predicted molar refractivity (Wildman–Crippen MR) is 257 cm³/mol. The maximum Gasteiger partial charge on any atom is 0.336 e. The van der Waals surface area contributed by atoms with E-state index >= 15 is 0 Å². The van der Waals surface area contributed by atoms with Gasteiger partial charge in [0.2, 0.25) is 17.7 Å². The Bertz CT molecular complexity index is 3410. The number of urea groups is 1. The van der Waals surface area contributed by atoms with Gasteiger partial charge in [-0.15, -0.1) is 5.10 Å². The Morgan fingerprint density at radius 1 is 0.797 bits per heavy atom. The van der Waals surface area contributed by atoms with Crippen molar-refractivity contribution in [3.05, 3.63) is 125 Å². The molecule has 0 saturated heterocycles. The summed E-state index contributed by atoms with van der Waals surface area (Å²) in [5, 5.41) is 45.1. The molecule has 0 spiro atoms. The van der Waals surface area contributed by atoms with Gasteiger partial charge >= 0.3 is 12.0 Å². The summed E-state index contributed by atoms with van der Waals surface area (Å²) in [5.41, 5.74) is 3.94. The van der Waals surface area contributed by atoms with Gasteiger partial charge in [0.05, 0.1) is 36.8 Å². The summed E-state index contributed by atoms with van der Waals surface area (Å²) in [4.78, 5) is 69.8. The highest BCUT2D eigenvalue weighted by Gasteiger charge is 2.23. The van der Waals surface area contributed by atoms with Crippen LogP contribution in [-0.4, -0.2) is 88.9 Å². The second-order valence-corrected chi connectivity index (χ2v) is 15.9. The van der Waals surface area contributed by atoms with Crippen LogP contribution in [0.3, 0.4) is 0 Å². The number of aromatic carboxylic acids is 1. The minimum absolute atomic E-state index is 0.0109. The Balaban J connectivity index is 0.668. The Labute approximate surface area is 395 Å². The minimum Gasteiger partial charge on any atom is -0.508 e. The van der Waals surface area contributed by atoms with E-state index in [2.05, 4.69) is 46.7 Å². The second-order valence-electron chi connectivity index (χ2n) is 15.5. The molecule has 22 heteroatoms. The SMILES string of the molecule is Cn1cc2c(nc(NC(=O)Nc3ccc(CC(=O)NCCOOCCCCNC(=S)Nc4ccc(-c5c6ccc(=O)cc-6oc6cc(O)ccc56)c(C(=O)O)c4)cc3)n3nc(-c4ccco4)nc23)n1. The van der Waals surface area contributed by atoms with Crippen molar-refractivity contribution < 1.29 is 43.2 Å². The first-order valence-electron chi connectivity index (χ1n) is 21.4. The average molecular weight is 952 g/mol. The normalized spacial score (nSPS) is 11.3. The number of carboxylic acid groups (broad SMARTS) is 1. The number of benzene rings is 4. The van der Waals surface area contributed by atoms with E-state index in [1.54, 1.807) is 78.6 Å². The van der Waals surface area contributed by atoms with Gasteiger partial charge in [-0.2, -0.15) is 14.6 Å². The van der Waals surface area contributed by atoms with Gasteiger partial charge in [0, 0.05) is 66.4 Å². The van der Waals surface area contributed by atoms with Crippen LogP contribution in [0.4, 0.5) is 22.1 Å². The molecule has 0 fully saturated rings. The number of nitrogens with zero attached hydrogens (tertiary/aromatic N) is 6. The van der Waals surface area contributed by atoms with Crippen LogP contribution in [0.1, 0.15) is 28.8 Å². The first kappa shape index (κ1) is 45.4. The minimum atomic E-state index is -1.17. The van der Waals surface area contributed by atoms with Gasteiger partial charge in [-0.25, -0.2) is 24.3 Å². The molecule has 0 bridgehead atoms. The fourth-order valence-corrected chi connectivity index (χ4v) is 7.71. The highest BCUT2D eigenvalue weighted by Crippen LogP contribution is 2.42. The number of rotatable bonds is 17. The summed E-state index contributed by atoms with van der Waals surface area (Å²) in [6.07, 6.45) is 4.71. The molecule has 0 radical (unpaired) electrons. The monoisotopic (exact) mass is 951 g/mol. The van der Waals surface area contributed by atoms with Crippen LogP contribution in [0.15, 0.2) is 117 Å². The summed E-state index contributed by atoms with van der Waals surface area (Å²) in [6.45, 7) is 1.17. The maximum absolute atomic E-state index is 13.0. The number of carbonyl (C=O) groups excluding carboxylic acids is 2. The summed E-state index contributed by atoms with van der Waals surface area (Å²) in [7, 11) is 1.76. The smallest absolute Gasteiger partial charge is 0.336 e. The fourth-order valence-electron chi connectivity index (χ4n) is 7.49. The molecule has 9 rings (SSSR count). The van der Waals surface area contributed by atoms with Gasteiger partial charge < -0.3 is 40.3 Å². The molecule has 350 valence electrons. The molecule has 2 aliphatic rings. The number of aromatic nitrogens is 6. The third kappa shape index (κ3) is 10.5. The van der Waals surface area contributed by atoms with Crippen molar-refractivity contribution in [3.8, 4) is 39.8 Å². The van der Waals surface area contributed by atoms with Gasteiger partial charge in [0.15, 0.2) is 27.6 Å². The van der Waals surface area contributed by atoms with Crippen LogP contribution in [0, 0.1) is 0 Å². The lowest BCUT2D eigenvalue weighted by atomic mass is 9.90. The molecule has 21 nitrogen and oxygen atoms in total. The van der Waals surface area contributed by atoms with Crippen molar-refractivity contribution in [2.24, 2.45) is 7.05 Å². The molecule has 3 aromatic carbocycles. The second kappa shape index (κ2) is 20.0. The Morgan fingerprint density at radius 3 is 2.42 bits per heavy atom. The van der Waals surface area contributed by atoms with Crippen molar-refractivity contribution in [2.75, 3.05) is 42.3 Å². The molecule has 7 aromatic rings.